The molecule has 2 aromatic carbocycles. The number of aromatic amines is 1. The van der Waals surface area contributed by atoms with Gasteiger partial charge in [-0.2, -0.15) is 5.11 Å². The van der Waals surface area contributed by atoms with Crippen LogP contribution in [0.1, 0.15) is 5.56 Å². The van der Waals surface area contributed by atoms with Gasteiger partial charge >= 0.3 is 0 Å². The maximum atomic E-state index is 5.33. The Hall–Kier alpha value is -2.89. The Labute approximate surface area is 120 Å². The van der Waals surface area contributed by atoms with Crippen molar-refractivity contribution in [3.63, 3.8) is 0 Å². The molecular weight excluding hydrogens is 268 g/mol. The third kappa shape index (κ3) is 2.31. The third-order valence-electron chi connectivity index (χ3n) is 3.23. The summed E-state index contributed by atoms with van der Waals surface area (Å²) in [6.07, 6.45) is 0. The normalized spacial score (nSPS) is 13.3. The standard InChI is InChI=1S/C15H12N4O2/c1-2-4-12-11(3-1)17-15(18-12)19-16-8-10-5-6-13-14(7-10)21-9-20-13/h1-7H,8-9H2,(H,17,18). The van der Waals surface area contributed by atoms with Crippen molar-refractivity contribution in [3.05, 3.63) is 48.0 Å². The number of nitrogens with one attached hydrogen (secondary N) is 1. The molecule has 2 heterocycles. The Morgan fingerprint density at radius 3 is 2.95 bits per heavy atom. The van der Waals surface area contributed by atoms with E-state index >= 15 is 0 Å². The van der Waals surface area contributed by atoms with Crippen LogP contribution in [-0.2, 0) is 6.54 Å². The van der Waals surface area contributed by atoms with E-state index in [1.54, 1.807) is 0 Å². The molecule has 4 rings (SSSR count). The van der Waals surface area contributed by atoms with Crippen LogP contribution in [0.25, 0.3) is 11.0 Å². The molecule has 0 saturated heterocycles. The lowest BCUT2D eigenvalue weighted by molar-refractivity contribution is 0.174. The van der Waals surface area contributed by atoms with E-state index in [1.807, 2.05) is 42.5 Å². The van der Waals surface area contributed by atoms with Gasteiger partial charge in [0.15, 0.2) is 11.5 Å². The van der Waals surface area contributed by atoms with Gasteiger partial charge < -0.3 is 14.5 Å². The molecule has 0 aliphatic carbocycles. The topological polar surface area (TPSA) is 71.9 Å². The van der Waals surface area contributed by atoms with Gasteiger partial charge in [0.2, 0.25) is 12.7 Å². The van der Waals surface area contributed by atoms with Gasteiger partial charge in [-0.25, -0.2) is 4.98 Å². The summed E-state index contributed by atoms with van der Waals surface area (Å²) >= 11 is 0. The molecule has 0 spiro atoms. The van der Waals surface area contributed by atoms with Crippen LogP contribution < -0.4 is 9.47 Å². The first kappa shape index (κ1) is 11.9. The average Bonchev–Trinajstić information content (AvgIpc) is 3.12. The Balaban J connectivity index is 1.50. The maximum absolute atomic E-state index is 5.33. The smallest absolute Gasteiger partial charge is 0.247 e. The first-order chi connectivity index (χ1) is 10.4. The van der Waals surface area contributed by atoms with Gasteiger partial charge in [0, 0.05) is 0 Å². The fraction of sp³-hybridized carbons (Fsp3) is 0.133. The zero-order valence-electron chi connectivity index (χ0n) is 11.1. The fourth-order valence-corrected chi connectivity index (χ4v) is 2.21. The van der Waals surface area contributed by atoms with E-state index in [0.29, 0.717) is 12.5 Å². The second-order valence-corrected chi connectivity index (χ2v) is 4.66. The molecule has 0 fully saturated rings. The van der Waals surface area contributed by atoms with Gasteiger partial charge in [0.05, 0.1) is 17.6 Å². The Bertz CT molecular complexity index is 792. The molecule has 1 aliphatic heterocycles. The summed E-state index contributed by atoms with van der Waals surface area (Å²) in [5.74, 6) is 2.04. The van der Waals surface area contributed by atoms with Gasteiger partial charge in [0.25, 0.3) is 0 Å². The molecule has 1 aliphatic rings. The number of hydrogen-bond acceptors (Lipinski definition) is 5. The van der Waals surface area contributed by atoms with Crippen molar-refractivity contribution in [1.82, 2.24) is 9.97 Å². The van der Waals surface area contributed by atoms with Gasteiger partial charge in [-0.3, -0.25) is 0 Å². The average molecular weight is 280 g/mol. The SMILES string of the molecule is c1ccc2[nH]c(N=NCc3ccc4c(c3)OCO4)nc2c1. The fourth-order valence-electron chi connectivity index (χ4n) is 2.21. The van der Waals surface area contributed by atoms with E-state index in [0.717, 1.165) is 28.1 Å². The highest BCUT2D eigenvalue weighted by molar-refractivity contribution is 5.76. The van der Waals surface area contributed by atoms with Crippen LogP contribution in [0.15, 0.2) is 52.7 Å². The van der Waals surface area contributed by atoms with Crippen LogP contribution in [0.2, 0.25) is 0 Å². The van der Waals surface area contributed by atoms with Crippen LogP contribution >= 0.6 is 0 Å². The first-order valence-electron chi connectivity index (χ1n) is 6.59. The molecule has 6 heteroatoms. The quantitative estimate of drug-likeness (QED) is 0.745. The number of rotatable bonds is 3. The maximum Gasteiger partial charge on any atom is 0.247 e. The lowest BCUT2D eigenvalue weighted by Gasteiger charge is -1.98. The number of hydrogen-bond donors (Lipinski definition) is 1. The monoisotopic (exact) mass is 280 g/mol. The summed E-state index contributed by atoms with van der Waals surface area (Å²) in [7, 11) is 0. The summed E-state index contributed by atoms with van der Waals surface area (Å²) in [4.78, 5) is 7.45. The molecule has 0 radical (unpaired) electrons. The van der Waals surface area contributed by atoms with Gasteiger partial charge in [-0.1, -0.05) is 18.2 Å². The Kier molecular flexibility index (Phi) is 2.77. The van der Waals surface area contributed by atoms with Gasteiger partial charge in [-0.15, -0.1) is 5.11 Å². The lowest BCUT2D eigenvalue weighted by atomic mass is 10.2. The Morgan fingerprint density at radius 1 is 1.10 bits per heavy atom. The van der Waals surface area contributed by atoms with Crippen molar-refractivity contribution < 1.29 is 9.47 Å². The highest BCUT2D eigenvalue weighted by Gasteiger charge is 2.12. The zero-order valence-corrected chi connectivity index (χ0v) is 11.1. The molecular formula is C15H12N4O2. The van der Waals surface area contributed by atoms with Crippen molar-refractivity contribution >= 4 is 17.0 Å². The second kappa shape index (κ2) is 4.90. The van der Waals surface area contributed by atoms with Crippen LogP contribution in [0.4, 0.5) is 5.95 Å². The Morgan fingerprint density at radius 2 is 2.00 bits per heavy atom. The van der Waals surface area contributed by atoms with Crippen molar-refractivity contribution in [2.24, 2.45) is 10.2 Å². The number of para-hydroxylation sites is 2. The van der Waals surface area contributed by atoms with Crippen LogP contribution in [-0.4, -0.2) is 16.8 Å². The molecule has 3 aromatic rings. The molecule has 1 aromatic heterocycles. The summed E-state index contributed by atoms with van der Waals surface area (Å²) < 4.78 is 10.6. The van der Waals surface area contributed by atoms with Crippen molar-refractivity contribution in [2.45, 2.75) is 6.54 Å². The minimum atomic E-state index is 0.277. The van der Waals surface area contributed by atoms with Crippen molar-refractivity contribution in [1.29, 1.82) is 0 Å². The molecule has 6 nitrogen and oxygen atoms in total. The zero-order chi connectivity index (χ0) is 14.1. The second-order valence-electron chi connectivity index (χ2n) is 4.66. The summed E-state index contributed by atoms with van der Waals surface area (Å²) in [5.41, 5.74) is 2.85. The molecule has 0 saturated carbocycles. The highest BCUT2D eigenvalue weighted by atomic mass is 16.7. The van der Waals surface area contributed by atoms with E-state index in [-0.39, 0.29) is 6.79 Å². The van der Waals surface area contributed by atoms with E-state index < -0.39 is 0 Å². The first-order valence-corrected chi connectivity index (χ1v) is 6.59. The molecule has 0 atom stereocenters. The number of aromatic nitrogens is 2. The molecule has 104 valence electrons. The number of imidazole rings is 1. The number of fused-ring (bicyclic) bond motifs is 2. The van der Waals surface area contributed by atoms with Crippen LogP contribution in [0, 0.1) is 0 Å². The number of azo groups is 1. The lowest BCUT2D eigenvalue weighted by Crippen LogP contribution is -1.92. The van der Waals surface area contributed by atoms with E-state index in [2.05, 4.69) is 20.2 Å². The molecule has 0 unspecified atom stereocenters. The summed E-state index contributed by atoms with van der Waals surface area (Å²) in [6, 6.07) is 13.5. The van der Waals surface area contributed by atoms with Crippen LogP contribution in [0.3, 0.4) is 0 Å². The molecule has 1 N–H and O–H groups in total. The highest BCUT2D eigenvalue weighted by Crippen LogP contribution is 2.32. The predicted molar refractivity (Wildman–Crippen MR) is 76.9 cm³/mol. The molecule has 0 amide bonds. The number of benzene rings is 2. The summed E-state index contributed by atoms with van der Waals surface area (Å²) in [5, 5.41) is 8.29. The largest absolute Gasteiger partial charge is 0.454 e. The summed E-state index contributed by atoms with van der Waals surface area (Å²) in [6.45, 7) is 0.743. The van der Waals surface area contributed by atoms with Crippen LogP contribution in [0.5, 0.6) is 11.5 Å². The van der Waals surface area contributed by atoms with E-state index in [4.69, 9.17) is 9.47 Å². The van der Waals surface area contributed by atoms with Gasteiger partial charge in [0.1, 0.15) is 0 Å². The van der Waals surface area contributed by atoms with Crippen molar-refractivity contribution in [2.75, 3.05) is 6.79 Å². The number of ether oxygens (including phenoxy) is 2. The van der Waals surface area contributed by atoms with Gasteiger partial charge in [-0.05, 0) is 29.8 Å². The number of nitrogens with zero attached hydrogens (tertiary/aromatic N) is 3. The van der Waals surface area contributed by atoms with E-state index in [9.17, 15) is 0 Å². The predicted octanol–water partition coefficient (Wildman–Crippen LogP) is 3.58. The van der Waals surface area contributed by atoms with Crippen molar-refractivity contribution in [3.8, 4) is 11.5 Å². The minimum Gasteiger partial charge on any atom is -0.454 e. The molecule has 0 bridgehead atoms. The third-order valence-corrected chi connectivity index (χ3v) is 3.23. The minimum absolute atomic E-state index is 0.277. The van der Waals surface area contributed by atoms with E-state index in [1.165, 1.54) is 0 Å². The molecule has 21 heavy (non-hydrogen) atoms. The number of H-pyrrole nitrogens is 1.